The van der Waals surface area contributed by atoms with Gasteiger partial charge < -0.3 is 9.53 Å². The minimum absolute atomic E-state index is 0.251. The molecule has 12 heavy (non-hydrogen) atoms. The highest BCUT2D eigenvalue weighted by Crippen LogP contribution is 2.51. The first-order valence-corrected chi connectivity index (χ1v) is 4.85. The largest absolute Gasteiger partial charge is 0.466 e. The molecule has 0 aromatic rings. The summed E-state index contributed by atoms with van der Waals surface area (Å²) in [6, 6.07) is 0. The van der Waals surface area contributed by atoms with Gasteiger partial charge in [0.05, 0.1) is 16.8 Å². The summed E-state index contributed by atoms with van der Waals surface area (Å²) in [7, 11) is 0. The van der Waals surface area contributed by atoms with Gasteiger partial charge in [-0.05, 0) is 19.8 Å². The molecule has 68 valence electrons. The number of esters is 1. The summed E-state index contributed by atoms with van der Waals surface area (Å²) in [4.78, 5) is 21.4. The first-order valence-electron chi connectivity index (χ1n) is 3.94. The van der Waals surface area contributed by atoms with Gasteiger partial charge in [0.15, 0.2) is 0 Å². The van der Waals surface area contributed by atoms with Gasteiger partial charge in [0.25, 0.3) is 0 Å². The normalized spacial score (nSPS) is 21.2. The minimum Gasteiger partial charge on any atom is -0.466 e. The number of hydrogen-bond acceptors (Lipinski definition) is 3. The molecule has 3 nitrogen and oxygen atoms in total. The number of carbonyl (C=O) groups excluding carboxylic acids is 2. The van der Waals surface area contributed by atoms with Crippen LogP contribution < -0.4 is 0 Å². The summed E-state index contributed by atoms with van der Waals surface area (Å²) in [5.41, 5.74) is -0.544. The molecule has 1 rings (SSSR count). The highest BCUT2D eigenvalue weighted by atomic mass is 79.9. The van der Waals surface area contributed by atoms with Crippen LogP contribution >= 0.6 is 15.9 Å². The Morgan fingerprint density at radius 3 is 2.67 bits per heavy atom. The van der Waals surface area contributed by atoms with Crippen LogP contribution in [0.2, 0.25) is 0 Å². The van der Waals surface area contributed by atoms with Crippen molar-refractivity contribution in [1.29, 1.82) is 0 Å². The number of aldehydes is 1. The number of hydrogen-bond donors (Lipinski definition) is 0. The van der Waals surface area contributed by atoms with Crippen molar-refractivity contribution < 1.29 is 14.3 Å². The average Bonchev–Trinajstić information content (AvgIpc) is 2.84. The summed E-state index contributed by atoms with van der Waals surface area (Å²) >= 11 is 3.16. The quantitative estimate of drug-likeness (QED) is 0.419. The van der Waals surface area contributed by atoms with Crippen molar-refractivity contribution in [1.82, 2.24) is 0 Å². The summed E-state index contributed by atoms with van der Waals surface area (Å²) in [6.07, 6.45) is 2.25. The van der Waals surface area contributed by atoms with E-state index in [4.69, 9.17) is 4.74 Å². The summed E-state index contributed by atoms with van der Waals surface area (Å²) in [6.45, 7) is 2.14. The second-order valence-corrected chi connectivity index (χ2v) is 3.90. The van der Waals surface area contributed by atoms with Crippen LogP contribution in [-0.2, 0) is 14.3 Å². The lowest BCUT2D eigenvalue weighted by molar-refractivity contribution is -0.150. The van der Waals surface area contributed by atoms with Crippen molar-refractivity contribution in [3.8, 4) is 0 Å². The lowest BCUT2D eigenvalue weighted by atomic mass is 10.0. The van der Waals surface area contributed by atoms with Gasteiger partial charge in [0.1, 0.15) is 6.29 Å². The van der Waals surface area contributed by atoms with E-state index in [-0.39, 0.29) is 10.8 Å². The highest BCUT2D eigenvalue weighted by Gasteiger charge is 2.56. The molecule has 0 radical (unpaired) electrons. The van der Waals surface area contributed by atoms with E-state index < -0.39 is 5.41 Å². The maximum absolute atomic E-state index is 11.3. The molecule has 1 atom stereocenters. The third kappa shape index (κ3) is 1.53. The topological polar surface area (TPSA) is 43.4 Å². The molecule has 0 heterocycles. The molecule has 0 spiro atoms. The molecule has 1 aliphatic carbocycles. The van der Waals surface area contributed by atoms with Crippen molar-refractivity contribution in [3.63, 3.8) is 0 Å². The zero-order chi connectivity index (χ0) is 9.19. The van der Waals surface area contributed by atoms with Crippen LogP contribution in [-0.4, -0.2) is 23.7 Å². The third-order valence-corrected chi connectivity index (χ3v) is 3.21. The summed E-state index contributed by atoms with van der Waals surface area (Å²) in [5.74, 6) is -0.251. The summed E-state index contributed by atoms with van der Waals surface area (Å²) in [5, 5.41) is 0. The van der Waals surface area contributed by atoms with E-state index in [0.717, 1.165) is 19.1 Å². The van der Waals surface area contributed by atoms with E-state index in [1.807, 2.05) is 0 Å². The van der Waals surface area contributed by atoms with Gasteiger partial charge in [0.2, 0.25) is 0 Å². The van der Waals surface area contributed by atoms with E-state index in [9.17, 15) is 9.59 Å². The molecule has 0 aromatic carbocycles. The van der Waals surface area contributed by atoms with Crippen LogP contribution in [0.25, 0.3) is 0 Å². The first kappa shape index (κ1) is 9.71. The van der Waals surface area contributed by atoms with Crippen LogP contribution in [0.5, 0.6) is 0 Å². The van der Waals surface area contributed by atoms with E-state index >= 15 is 0 Å². The van der Waals surface area contributed by atoms with Crippen molar-refractivity contribution in [2.75, 3.05) is 6.61 Å². The number of carbonyl (C=O) groups is 2. The van der Waals surface area contributed by atoms with E-state index in [2.05, 4.69) is 15.9 Å². The standard InChI is InChI=1S/C8H11BrO3/c1-2-12-7(11)8(3-4-8)6(9)5-10/h5-6H,2-4H2,1H3. The van der Waals surface area contributed by atoms with Crippen LogP contribution in [0.15, 0.2) is 0 Å². The molecule has 0 saturated heterocycles. The van der Waals surface area contributed by atoms with Gasteiger partial charge in [-0.3, -0.25) is 4.79 Å². The smallest absolute Gasteiger partial charge is 0.313 e. The van der Waals surface area contributed by atoms with Gasteiger partial charge >= 0.3 is 5.97 Å². The Kier molecular flexibility index (Phi) is 2.88. The third-order valence-electron chi connectivity index (χ3n) is 2.12. The van der Waals surface area contributed by atoms with Crippen LogP contribution in [0, 0.1) is 5.41 Å². The van der Waals surface area contributed by atoms with Crippen LogP contribution in [0.1, 0.15) is 19.8 Å². The maximum atomic E-state index is 11.3. The van der Waals surface area contributed by atoms with Crippen molar-refractivity contribution in [2.24, 2.45) is 5.41 Å². The Bertz CT molecular complexity index is 198. The Morgan fingerprint density at radius 2 is 2.33 bits per heavy atom. The number of alkyl halides is 1. The predicted molar refractivity (Wildman–Crippen MR) is 47.1 cm³/mol. The van der Waals surface area contributed by atoms with E-state index in [0.29, 0.717) is 6.61 Å². The Balaban J connectivity index is 2.59. The minimum atomic E-state index is -0.544. The second kappa shape index (κ2) is 3.56. The molecular weight excluding hydrogens is 224 g/mol. The van der Waals surface area contributed by atoms with Crippen molar-refractivity contribution >= 4 is 28.2 Å². The van der Waals surface area contributed by atoms with Gasteiger partial charge in [-0.15, -0.1) is 0 Å². The lowest BCUT2D eigenvalue weighted by Crippen LogP contribution is -2.28. The molecule has 4 heteroatoms. The van der Waals surface area contributed by atoms with E-state index in [1.54, 1.807) is 6.92 Å². The monoisotopic (exact) mass is 234 g/mol. The molecule has 1 unspecified atom stereocenters. The molecule has 1 fully saturated rings. The van der Waals surface area contributed by atoms with Gasteiger partial charge in [0, 0.05) is 0 Å². The Hall–Kier alpha value is -0.380. The zero-order valence-electron chi connectivity index (χ0n) is 6.88. The van der Waals surface area contributed by atoms with Crippen molar-refractivity contribution in [2.45, 2.75) is 24.6 Å². The number of ether oxygens (including phenoxy) is 1. The maximum Gasteiger partial charge on any atom is 0.313 e. The van der Waals surface area contributed by atoms with Crippen LogP contribution in [0.4, 0.5) is 0 Å². The molecule has 0 N–H and O–H groups in total. The highest BCUT2D eigenvalue weighted by molar-refractivity contribution is 9.10. The molecular formula is C8H11BrO3. The van der Waals surface area contributed by atoms with Gasteiger partial charge in [-0.25, -0.2) is 0 Å². The molecule has 0 amide bonds. The molecule has 0 aromatic heterocycles. The lowest BCUT2D eigenvalue weighted by Gasteiger charge is -2.14. The number of rotatable bonds is 4. The summed E-state index contributed by atoms with van der Waals surface area (Å²) < 4.78 is 4.86. The fraction of sp³-hybridized carbons (Fsp3) is 0.750. The van der Waals surface area contributed by atoms with Crippen LogP contribution in [0.3, 0.4) is 0 Å². The number of halogens is 1. The molecule has 1 aliphatic rings. The fourth-order valence-corrected chi connectivity index (χ4v) is 1.78. The second-order valence-electron chi connectivity index (χ2n) is 2.91. The predicted octanol–water partition coefficient (Wildman–Crippen LogP) is 1.29. The van der Waals surface area contributed by atoms with Gasteiger partial charge in [-0.1, -0.05) is 15.9 Å². The SMILES string of the molecule is CCOC(=O)C1(C(Br)C=O)CC1. The van der Waals surface area contributed by atoms with E-state index in [1.165, 1.54) is 0 Å². The average molecular weight is 235 g/mol. The van der Waals surface area contributed by atoms with Crippen molar-refractivity contribution in [3.05, 3.63) is 0 Å². The fourth-order valence-electron chi connectivity index (χ4n) is 1.13. The molecule has 0 bridgehead atoms. The molecule has 0 aliphatic heterocycles. The Labute approximate surface area is 79.6 Å². The van der Waals surface area contributed by atoms with Gasteiger partial charge in [-0.2, -0.15) is 0 Å². The first-order chi connectivity index (χ1) is 5.67. The molecule has 1 saturated carbocycles. The zero-order valence-corrected chi connectivity index (χ0v) is 8.46. The Morgan fingerprint density at radius 1 is 1.75 bits per heavy atom.